The number of fused-ring (bicyclic) bond motifs is 1. The number of hydrogen-bond donors (Lipinski definition) is 1. The molecular formula is C13H14Br2ClN3. The molecule has 19 heavy (non-hydrogen) atoms. The van der Waals surface area contributed by atoms with E-state index in [1.165, 1.54) is 11.1 Å². The molecular weight excluding hydrogens is 393 g/mol. The number of aromatic nitrogens is 1. The highest BCUT2D eigenvalue weighted by Crippen LogP contribution is 2.34. The number of piperazine rings is 1. The van der Waals surface area contributed by atoms with Gasteiger partial charge in [-0.05, 0) is 34.1 Å². The molecule has 0 unspecified atom stereocenters. The Balaban J connectivity index is 0.00000133. The molecule has 0 amide bonds. The van der Waals surface area contributed by atoms with Gasteiger partial charge in [0.2, 0.25) is 0 Å². The maximum absolute atomic E-state index is 4.47. The van der Waals surface area contributed by atoms with E-state index < -0.39 is 0 Å². The van der Waals surface area contributed by atoms with Crippen LogP contribution in [-0.2, 0) is 0 Å². The number of benzene rings is 1. The first-order valence-electron chi connectivity index (χ1n) is 5.95. The van der Waals surface area contributed by atoms with Crippen LogP contribution in [0.5, 0.6) is 0 Å². The van der Waals surface area contributed by atoms with Crippen LogP contribution in [0.2, 0.25) is 0 Å². The summed E-state index contributed by atoms with van der Waals surface area (Å²) in [4.78, 5) is 6.88. The van der Waals surface area contributed by atoms with E-state index >= 15 is 0 Å². The van der Waals surface area contributed by atoms with E-state index in [1.807, 2.05) is 12.3 Å². The lowest BCUT2D eigenvalue weighted by Gasteiger charge is -2.31. The second-order valence-corrected chi connectivity index (χ2v) is 6.12. The Labute approximate surface area is 135 Å². The first-order chi connectivity index (χ1) is 8.75. The van der Waals surface area contributed by atoms with Gasteiger partial charge >= 0.3 is 0 Å². The molecule has 1 aromatic heterocycles. The van der Waals surface area contributed by atoms with Crippen LogP contribution < -0.4 is 10.2 Å². The summed E-state index contributed by atoms with van der Waals surface area (Å²) < 4.78 is 2.15. The molecule has 1 N–H and O–H groups in total. The number of nitrogens with one attached hydrogen (secondary N) is 1. The van der Waals surface area contributed by atoms with Crippen molar-refractivity contribution >= 4 is 60.9 Å². The molecule has 2 aromatic rings. The average Bonchev–Trinajstić information content (AvgIpc) is 2.39. The van der Waals surface area contributed by atoms with Crippen LogP contribution in [-0.4, -0.2) is 31.2 Å². The average molecular weight is 408 g/mol. The number of anilines is 1. The van der Waals surface area contributed by atoms with E-state index in [-0.39, 0.29) is 12.4 Å². The lowest BCUT2D eigenvalue weighted by atomic mass is 10.1. The molecule has 0 aliphatic carbocycles. The SMILES string of the molecule is Brc1ccc2ncc(Br)c(N3CCNCC3)c2c1.Cl. The summed E-state index contributed by atoms with van der Waals surface area (Å²) in [6.07, 6.45) is 1.90. The maximum atomic E-state index is 4.47. The van der Waals surface area contributed by atoms with Crippen molar-refractivity contribution in [2.45, 2.75) is 0 Å². The zero-order valence-electron chi connectivity index (χ0n) is 10.2. The number of rotatable bonds is 1. The van der Waals surface area contributed by atoms with E-state index in [2.05, 4.69) is 59.2 Å². The minimum absolute atomic E-state index is 0. The summed E-state index contributed by atoms with van der Waals surface area (Å²) in [5.41, 5.74) is 2.29. The van der Waals surface area contributed by atoms with Gasteiger partial charge in [-0.25, -0.2) is 0 Å². The van der Waals surface area contributed by atoms with E-state index in [0.717, 1.165) is 40.6 Å². The van der Waals surface area contributed by atoms with Gasteiger partial charge in [0, 0.05) is 42.2 Å². The second-order valence-electron chi connectivity index (χ2n) is 4.35. The van der Waals surface area contributed by atoms with Crippen molar-refractivity contribution in [3.8, 4) is 0 Å². The van der Waals surface area contributed by atoms with Crippen molar-refractivity contribution in [1.82, 2.24) is 10.3 Å². The smallest absolute Gasteiger partial charge is 0.0724 e. The fourth-order valence-corrected chi connectivity index (χ4v) is 3.26. The van der Waals surface area contributed by atoms with Crippen molar-refractivity contribution in [3.63, 3.8) is 0 Å². The van der Waals surface area contributed by atoms with Crippen LogP contribution in [0.1, 0.15) is 0 Å². The molecule has 6 heteroatoms. The van der Waals surface area contributed by atoms with Gasteiger partial charge in [0.1, 0.15) is 0 Å². The van der Waals surface area contributed by atoms with Crippen molar-refractivity contribution in [2.24, 2.45) is 0 Å². The fraction of sp³-hybridized carbons (Fsp3) is 0.308. The maximum Gasteiger partial charge on any atom is 0.0724 e. The number of nitrogens with zero attached hydrogens (tertiary/aromatic N) is 2. The van der Waals surface area contributed by atoms with Crippen LogP contribution in [0.15, 0.2) is 33.3 Å². The molecule has 1 fully saturated rings. The molecule has 1 aliphatic rings. The molecule has 0 atom stereocenters. The van der Waals surface area contributed by atoms with E-state index in [4.69, 9.17) is 0 Å². The Morgan fingerprint density at radius 1 is 1.16 bits per heavy atom. The zero-order chi connectivity index (χ0) is 12.5. The minimum atomic E-state index is 0. The molecule has 2 heterocycles. The topological polar surface area (TPSA) is 28.2 Å². The highest BCUT2D eigenvalue weighted by molar-refractivity contribution is 9.11. The van der Waals surface area contributed by atoms with Crippen LogP contribution in [0, 0.1) is 0 Å². The van der Waals surface area contributed by atoms with Crippen molar-refractivity contribution in [2.75, 3.05) is 31.1 Å². The minimum Gasteiger partial charge on any atom is -0.367 e. The third kappa shape index (κ3) is 3.05. The second kappa shape index (κ2) is 6.39. The van der Waals surface area contributed by atoms with Crippen molar-refractivity contribution < 1.29 is 0 Å². The zero-order valence-corrected chi connectivity index (χ0v) is 14.2. The molecule has 3 rings (SSSR count). The van der Waals surface area contributed by atoms with Gasteiger partial charge in [-0.15, -0.1) is 12.4 Å². The Hall–Kier alpha value is -0.360. The van der Waals surface area contributed by atoms with Gasteiger partial charge < -0.3 is 10.2 Å². The fourth-order valence-electron chi connectivity index (χ4n) is 2.34. The molecule has 1 saturated heterocycles. The van der Waals surface area contributed by atoms with E-state index in [0.29, 0.717) is 0 Å². The third-order valence-electron chi connectivity index (χ3n) is 3.19. The van der Waals surface area contributed by atoms with Crippen LogP contribution >= 0.6 is 44.3 Å². The molecule has 3 nitrogen and oxygen atoms in total. The normalized spacial score (nSPS) is 15.4. The quantitative estimate of drug-likeness (QED) is 0.783. The Kier molecular flexibility index (Phi) is 5.06. The molecule has 0 saturated carbocycles. The summed E-state index contributed by atoms with van der Waals surface area (Å²) >= 11 is 7.18. The van der Waals surface area contributed by atoms with E-state index in [1.54, 1.807) is 0 Å². The first kappa shape index (κ1) is 15.0. The molecule has 0 radical (unpaired) electrons. The Morgan fingerprint density at radius 2 is 1.89 bits per heavy atom. The van der Waals surface area contributed by atoms with Gasteiger partial charge in [-0.3, -0.25) is 4.98 Å². The predicted octanol–water partition coefficient (Wildman–Crippen LogP) is 3.59. The van der Waals surface area contributed by atoms with Crippen molar-refractivity contribution in [1.29, 1.82) is 0 Å². The third-order valence-corrected chi connectivity index (χ3v) is 4.26. The number of halogens is 3. The highest BCUT2D eigenvalue weighted by Gasteiger charge is 2.16. The molecule has 102 valence electrons. The highest BCUT2D eigenvalue weighted by atomic mass is 79.9. The Morgan fingerprint density at radius 3 is 2.63 bits per heavy atom. The summed E-state index contributed by atoms with van der Waals surface area (Å²) in [6.45, 7) is 4.13. The molecule has 0 bridgehead atoms. The molecule has 0 spiro atoms. The van der Waals surface area contributed by atoms with Crippen LogP contribution in [0.4, 0.5) is 5.69 Å². The monoisotopic (exact) mass is 405 g/mol. The number of hydrogen-bond acceptors (Lipinski definition) is 3. The standard InChI is InChI=1S/C13H13Br2N3.ClH/c14-9-1-2-12-10(7-9)13(11(15)8-17-12)18-5-3-16-4-6-18;/h1-2,7-8,16H,3-6H2;1H. The van der Waals surface area contributed by atoms with Gasteiger partial charge in [0.25, 0.3) is 0 Å². The van der Waals surface area contributed by atoms with Gasteiger partial charge in [-0.2, -0.15) is 0 Å². The number of pyridine rings is 1. The Bertz CT molecular complexity index is 580. The molecule has 1 aromatic carbocycles. The largest absolute Gasteiger partial charge is 0.367 e. The lowest BCUT2D eigenvalue weighted by molar-refractivity contribution is 0.589. The predicted molar refractivity (Wildman–Crippen MR) is 89.5 cm³/mol. The lowest BCUT2D eigenvalue weighted by Crippen LogP contribution is -2.43. The van der Waals surface area contributed by atoms with E-state index in [9.17, 15) is 0 Å². The summed E-state index contributed by atoms with van der Waals surface area (Å²) in [7, 11) is 0. The summed E-state index contributed by atoms with van der Waals surface area (Å²) in [5, 5.41) is 4.58. The van der Waals surface area contributed by atoms with Crippen LogP contribution in [0.25, 0.3) is 10.9 Å². The van der Waals surface area contributed by atoms with Crippen LogP contribution in [0.3, 0.4) is 0 Å². The summed E-state index contributed by atoms with van der Waals surface area (Å²) in [6, 6.07) is 6.23. The van der Waals surface area contributed by atoms with Crippen molar-refractivity contribution in [3.05, 3.63) is 33.3 Å². The van der Waals surface area contributed by atoms with Gasteiger partial charge in [-0.1, -0.05) is 15.9 Å². The summed E-state index contributed by atoms with van der Waals surface area (Å²) in [5.74, 6) is 0. The van der Waals surface area contributed by atoms with Gasteiger partial charge in [0.05, 0.1) is 15.7 Å². The first-order valence-corrected chi connectivity index (χ1v) is 7.54. The molecule has 1 aliphatic heterocycles. The van der Waals surface area contributed by atoms with Gasteiger partial charge in [0.15, 0.2) is 0 Å².